The molecule has 0 unspecified atom stereocenters. The Morgan fingerprint density at radius 3 is 2.64 bits per heavy atom. The first-order valence-corrected chi connectivity index (χ1v) is 4.30. The standard InChI is InChI=1S/C11H9N2O/c14-11-10(7-4-8-12-11)13-9-5-2-1-3-6-9/h1-8,13H. The number of hydrogen-bond acceptors (Lipinski definition) is 2. The summed E-state index contributed by atoms with van der Waals surface area (Å²) in [6, 6.07) is 9.53. The first kappa shape index (κ1) is 8.56. The van der Waals surface area contributed by atoms with Crippen molar-refractivity contribution in [3.8, 4) is 0 Å². The van der Waals surface area contributed by atoms with Gasteiger partial charge in [-0.15, -0.1) is 0 Å². The number of nitrogens with one attached hydrogen (secondary N) is 1. The molecule has 3 nitrogen and oxygen atoms in total. The van der Waals surface area contributed by atoms with E-state index in [4.69, 9.17) is 0 Å². The number of carbonyl (C=O) groups is 1. The molecule has 0 bridgehead atoms. The second-order valence-corrected chi connectivity index (χ2v) is 2.85. The molecular weight excluding hydrogens is 176 g/mol. The Bertz CT molecular complexity index is 393. The molecule has 2 rings (SSSR count). The van der Waals surface area contributed by atoms with Crippen molar-refractivity contribution < 1.29 is 4.79 Å². The molecule has 1 aliphatic rings. The van der Waals surface area contributed by atoms with Gasteiger partial charge in [0.25, 0.3) is 5.91 Å². The fourth-order valence-electron chi connectivity index (χ4n) is 1.16. The molecule has 1 heterocycles. The average Bonchev–Trinajstić information content (AvgIpc) is 2.23. The van der Waals surface area contributed by atoms with Crippen molar-refractivity contribution in [3.05, 3.63) is 54.4 Å². The van der Waals surface area contributed by atoms with Crippen LogP contribution in [0.2, 0.25) is 0 Å². The molecule has 1 aromatic carbocycles. The van der Waals surface area contributed by atoms with Crippen LogP contribution in [0, 0.1) is 0 Å². The van der Waals surface area contributed by atoms with Gasteiger partial charge in [0.1, 0.15) is 5.70 Å². The summed E-state index contributed by atoms with van der Waals surface area (Å²) in [4.78, 5) is 11.2. The predicted octanol–water partition coefficient (Wildman–Crippen LogP) is 1.64. The molecule has 0 spiro atoms. The summed E-state index contributed by atoms with van der Waals surface area (Å²) in [5, 5.41) is 6.65. The third-order valence-electron chi connectivity index (χ3n) is 1.82. The molecule has 69 valence electrons. The van der Waals surface area contributed by atoms with Crippen LogP contribution in [0.1, 0.15) is 0 Å². The average molecular weight is 185 g/mol. The maximum atomic E-state index is 11.2. The van der Waals surface area contributed by atoms with Gasteiger partial charge >= 0.3 is 0 Å². The van der Waals surface area contributed by atoms with Gasteiger partial charge in [-0.3, -0.25) is 4.79 Å². The minimum absolute atomic E-state index is 0.239. The largest absolute Gasteiger partial charge is 0.351 e. The lowest BCUT2D eigenvalue weighted by Gasteiger charge is -2.09. The van der Waals surface area contributed by atoms with Crippen molar-refractivity contribution in [2.24, 2.45) is 0 Å². The summed E-state index contributed by atoms with van der Waals surface area (Å²) in [5.41, 5.74) is 1.39. The molecule has 0 fully saturated rings. The second-order valence-electron chi connectivity index (χ2n) is 2.85. The van der Waals surface area contributed by atoms with E-state index in [-0.39, 0.29) is 5.91 Å². The third kappa shape index (κ3) is 1.82. The molecule has 0 saturated heterocycles. The monoisotopic (exact) mass is 185 g/mol. The number of hydrogen-bond donors (Lipinski definition) is 1. The number of amides is 1. The van der Waals surface area contributed by atoms with Crippen LogP contribution in [-0.4, -0.2) is 5.91 Å². The quantitative estimate of drug-likeness (QED) is 0.761. The number of carbonyl (C=O) groups excluding carboxylic acids is 1. The predicted molar refractivity (Wildman–Crippen MR) is 54.4 cm³/mol. The van der Waals surface area contributed by atoms with E-state index in [9.17, 15) is 4.79 Å². The Labute approximate surface area is 82.1 Å². The zero-order valence-corrected chi connectivity index (χ0v) is 7.47. The topological polar surface area (TPSA) is 43.2 Å². The number of allylic oxidation sites excluding steroid dienone is 2. The Balaban J connectivity index is 2.15. The Morgan fingerprint density at radius 1 is 1.14 bits per heavy atom. The van der Waals surface area contributed by atoms with Crippen molar-refractivity contribution in [1.82, 2.24) is 5.32 Å². The van der Waals surface area contributed by atoms with E-state index in [1.165, 1.54) is 6.20 Å². The molecule has 1 radical (unpaired) electrons. The fraction of sp³-hybridized carbons (Fsp3) is 0. The van der Waals surface area contributed by atoms with Crippen LogP contribution in [0.5, 0.6) is 0 Å². The van der Waals surface area contributed by atoms with Crippen LogP contribution in [0.15, 0.2) is 54.4 Å². The Morgan fingerprint density at radius 2 is 1.93 bits per heavy atom. The van der Waals surface area contributed by atoms with E-state index in [1.807, 2.05) is 30.3 Å². The van der Waals surface area contributed by atoms with Gasteiger partial charge < -0.3 is 5.32 Å². The molecule has 14 heavy (non-hydrogen) atoms. The van der Waals surface area contributed by atoms with Gasteiger partial charge in [-0.1, -0.05) is 18.2 Å². The minimum atomic E-state index is -0.239. The Kier molecular flexibility index (Phi) is 2.32. The lowest BCUT2D eigenvalue weighted by atomic mass is 10.2. The second kappa shape index (κ2) is 3.79. The highest BCUT2D eigenvalue weighted by molar-refractivity contribution is 5.97. The summed E-state index contributed by atoms with van der Waals surface area (Å²) < 4.78 is 0. The van der Waals surface area contributed by atoms with Crippen LogP contribution in [-0.2, 0) is 4.79 Å². The van der Waals surface area contributed by atoms with Crippen molar-refractivity contribution in [3.63, 3.8) is 0 Å². The number of para-hydroxylation sites is 1. The summed E-state index contributed by atoms with van der Waals surface area (Å²) in [6.45, 7) is 0. The fourth-order valence-corrected chi connectivity index (χ4v) is 1.16. The van der Waals surface area contributed by atoms with Crippen LogP contribution < -0.4 is 10.6 Å². The molecule has 1 amide bonds. The zero-order valence-electron chi connectivity index (χ0n) is 7.47. The summed E-state index contributed by atoms with van der Waals surface area (Å²) in [5.74, 6) is -0.239. The zero-order chi connectivity index (χ0) is 9.80. The third-order valence-corrected chi connectivity index (χ3v) is 1.82. The van der Waals surface area contributed by atoms with Gasteiger partial charge in [0.05, 0.1) is 0 Å². The molecule has 0 aromatic heterocycles. The number of rotatable bonds is 2. The smallest absolute Gasteiger partial charge is 0.293 e. The highest BCUT2D eigenvalue weighted by Crippen LogP contribution is 2.10. The first-order valence-electron chi connectivity index (χ1n) is 4.30. The summed E-state index contributed by atoms with van der Waals surface area (Å²) >= 11 is 0. The molecule has 0 saturated carbocycles. The molecule has 1 N–H and O–H groups in total. The first-order chi connectivity index (χ1) is 6.86. The molecule has 0 atom stereocenters. The van der Waals surface area contributed by atoms with Crippen LogP contribution in [0.4, 0.5) is 5.69 Å². The van der Waals surface area contributed by atoms with E-state index >= 15 is 0 Å². The van der Waals surface area contributed by atoms with Gasteiger partial charge in [-0.25, -0.2) is 5.32 Å². The van der Waals surface area contributed by atoms with E-state index in [2.05, 4.69) is 10.6 Å². The SMILES string of the molecule is O=C1[N]C=CC=C1Nc1ccccc1. The van der Waals surface area contributed by atoms with E-state index in [1.54, 1.807) is 12.2 Å². The molecular formula is C11H9N2O. The van der Waals surface area contributed by atoms with E-state index < -0.39 is 0 Å². The van der Waals surface area contributed by atoms with Crippen LogP contribution >= 0.6 is 0 Å². The molecule has 1 aliphatic heterocycles. The lowest BCUT2D eigenvalue weighted by Crippen LogP contribution is -2.20. The highest BCUT2D eigenvalue weighted by atomic mass is 16.2. The Hall–Kier alpha value is -2.03. The molecule has 0 aliphatic carbocycles. The molecule has 1 aromatic rings. The molecule has 3 heteroatoms. The van der Waals surface area contributed by atoms with Gasteiger partial charge in [0, 0.05) is 11.9 Å². The van der Waals surface area contributed by atoms with E-state index in [0.717, 1.165) is 5.69 Å². The summed E-state index contributed by atoms with van der Waals surface area (Å²) in [7, 11) is 0. The van der Waals surface area contributed by atoms with Gasteiger partial charge in [0.15, 0.2) is 0 Å². The van der Waals surface area contributed by atoms with Gasteiger partial charge in [0.2, 0.25) is 0 Å². The van der Waals surface area contributed by atoms with Crippen LogP contribution in [0.25, 0.3) is 0 Å². The normalized spacial score (nSPS) is 14.6. The maximum Gasteiger partial charge on any atom is 0.293 e. The number of nitrogens with zero attached hydrogens (tertiary/aromatic N) is 1. The minimum Gasteiger partial charge on any atom is -0.351 e. The lowest BCUT2D eigenvalue weighted by molar-refractivity contribution is -0.116. The number of benzene rings is 1. The van der Waals surface area contributed by atoms with Gasteiger partial charge in [-0.2, -0.15) is 0 Å². The van der Waals surface area contributed by atoms with E-state index in [0.29, 0.717) is 5.70 Å². The maximum absolute atomic E-state index is 11.2. The number of anilines is 1. The van der Waals surface area contributed by atoms with Crippen LogP contribution in [0.3, 0.4) is 0 Å². The highest BCUT2D eigenvalue weighted by Gasteiger charge is 2.10. The van der Waals surface area contributed by atoms with Crippen molar-refractivity contribution in [2.75, 3.05) is 5.32 Å². The summed E-state index contributed by atoms with van der Waals surface area (Å²) in [6.07, 6.45) is 4.92. The van der Waals surface area contributed by atoms with Crippen molar-refractivity contribution >= 4 is 11.6 Å². The van der Waals surface area contributed by atoms with Crippen molar-refractivity contribution in [2.45, 2.75) is 0 Å². The van der Waals surface area contributed by atoms with Gasteiger partial charge in [-0.05, 0) is 24.3 Å². The van der Waals surface area contributed by atoms with Crippen molar-refractivity contribution in [1.29, 1.82) is 0 Å².